The summed E-state index contributed by atoms with van der Waals surface area (Å²) in [4.78, 5) is 21.9. The highest BCUT2D eigenvalue weighted by Gasteiger charge is 2.20. The summed E-state index contributed by atoms with van der Waals surface area (Å²) in [6.45, 7) is 4.10. The van der Waals surface area contributed by atoms with Crippen LogP contribution >= 0.6 is 11.8 Å². The second kappa shape index (κ2) is 7.40. The minimum Gasteiger partial charge on any atom is -0.462 e. The topological polar surface area (TPSA) is 56.5 Å². The summed E-state index contributed by atoms with van der Waals surface area (Å²) in [5, 5.41) is 1.84. The van der Waals surface area contributed by atoms with E-state index >= 15 is 0 Å². The van der Waals surface area contributed by atoms with Gasteiger partial charge in [-0.05, 0) is 37.6 Å². The van der Waals surface area contributed by atoms with Gasteiger partial charge in [-0.1, -0.05) is 36.0 Å². The number of rotatable bonds is 5. The van der Waals surface area contributed by atoms with E-state index in [-0.39, 0.29) is 5.97 Å². The monoisotopic (exact) mass is 377 g/mol. The van der Waals surface area contributed by atoms with Crippen LogP contribution in [0.4, 0.5) is 0 Å². The third kappa shape index (κ3) is 3.28. The second-order valence-electron chi connectivity index (χ2n) is 6.12. The van der Waals surface area contributed by atoms with Crippen LogP contribution in [0, 0.1) is 6.92 Å². The van der Waals surface area contributed by atoms with Crippen molar-refractivity contribution in [3.63, 3.8) is 0 Å². The zero-order valence-electron chi connectivity index (χ0n) is 15.2. The van der Waals surface area contributed by atoms with Crippen LogP contribution in [-0.4, -0.2) is 26.9 Å². The van der Waals surface area contributed by atoms with Gasteiger partial charge < -0.3 is 4.74 Å². The Morgan fingerprint density at radius 1 is 1.19 bits per heavy atom. The van der Waals surface area contributed by atoms with E-state index in [1.54, 1.807) is 11.8 Å². The van der Waals surface area contributed by atoms with Gasteiger partial charge in [-0.25, -0.2) is 9.78 Å². The molecule has 0 aliphatic carbocycles. The Morgan fingerprint density at radius 3 is 2.85 bits per heavy atom. The average molecular weight is 377 g/mol. The molecule has 0 spiro atoms. The first-order chi connectivity index (χ1) is 13.2. The maximum Gasteiger partial charge on any atom is 0.340 e. The smallest absolute Gasteiger partial charge is 0.340 e. The Labute approximate surface area is 161 Å². The predicted molar refractivity (Wildman–Crippen MR) is 107 cm³/mol. The van der Waals surface area contributed by atoms with Gasteiger partial charge >= 0.3 is 5.97 Å². The highest BCUT2D eigenvalue weighted by molar-refractivity contribution is 7.98. The lowest BCUT2D eigenvalue weighted by Crippen LogP contribution is -2.12. The fraction of sp³-hybridized carbons (Fsp3) is 0.190. The number of imidazole rings is 1. The highest BCUT2D eigenvalue weighted by Crippen LogP contribution is 2.29. The van der Waals surface area contributed by atoms with Gasteiger partial charge in [-0.3, -0.25) is 9.38 Å². The van der Waals surface area contributed by atoms with E-state index < -0.39 is 0 Å². The van der Waals surface area contributed by atoms with E-state index in [9.17, 15) is 4.79 Å². The molecule has 1 aromatic carbocycles. The number of fused-ring (bicyclic) bond motifs is 2. The fourth-order valence-corrected chi connectivity index (χ4v) is 4.09. The minimum absolute atomic E-state index is 0.322. The van der Waals surface area contributed by atoms with Gasteiger partial charge in [0, 0.05) is 17.3 Å². The number of para-hydroxylation sites is 1. The first kappa shape index (κ1) is 17.5. The number of aryl methyl sites for hydroxylation is 1. The second-order valence-corrected chi connectivity index (χ2v) is 7.06. The van der Waals surface area contributed by atoms with E-state index in [1.807, 2.05) is 73.1 Å². The van der Waals surface area contributed by atoms with E-state index in [4.69, 9.17) is 9.72 Å². The number of thioether (sulfide) groups is 1. The third-order valence-corrected chi connectivity index (χ3v) is 5.43. The summed E-state index contributed by atoms with van der Waals surface area (Å²) in [5.41, 5.74) is 4.11. The number of nitrogens with zero attached hydrogens (tertiary/aromatic N) is 3. The summed E-state index contributed by atoms with van der Waals surface area (Å²) in [5.74, 6) is 0.213. The lowest BCUT2D eigenvalue weighted by molar-refractivity contribution is 0.0524. The van der Waals surface area contributed by atoms with Gasteiger partial charge in [0.25, 0.3) is 0 Å². The Morgan fingerprint density at radius 2 is 2.00 bits per heavy atom. The van der Waals surface area contributed by atoms with Crippen molar-refractivity contribution in [2.75, 3.05) is 6.61 Å². The third-order valence-electron chi connectivity index (χ3n) is 4.45. The number of aromatic nitrogens is 3. The van der Waals surface area contributed by atoms with E-state index in [2.05, 4.69) is 4.98 Å². The van der Waals surface area contributed by atoms with Crippen molar-refractivity contribution in [1.82, 2.24) is 14.4 Å². The molecule has 0 saturated carbocycles. The summed E-state index contributed by atoms with van der Waals surface area (Å²) < 4.78 is 7.33. The maximum atomic E-state index is 12.6. The van der Waals surface area contributed by atoms with Crippen molar-refractivity contribution in [1.29, 1.82) is 0 Å². The molecule has 0 N–H and O–H groups in total. The molecule has 5 nitrogen and oxygen atoms in total. The van der Waals surface area contributed by atoms with Crippen LogP contribution in [0.1, 0.15) is 28.5 Å². The average Bonchev–Trinajstić information content (AvgIpc) is 3.10. The zero-order chi connectivity index (χ0) is 18.8. The van der Waals surface area contributed by atoms with Gasteiger partial charge in [0.1, 0.15) is 0 Å². The van der Waals surface area contributed by atoms with Crippen LogP contribution < -0.4 is 0 Å². The van der Waals surface area contributed by atoms with Crippen molar-refractivity contribution in [2.24, 2.45) is 0 Å². The normalized spacial score (nSPS) is 11.2. The number of hydrogen-bond donors (Lipinski definition) is 0. The van der Waals surface area contributed by atoms with Crippen LogP contribution in [0.25, 0.3) is 16.4 Å². The largest absolute Gasteiger partial charge is 0.462 e. The summed E-state index contributed by atoms with van der Waals surface area (Å²) in [6, 6.07) is 13.8. The highest BCUT2D eigenvalue weighted by atomic mass is 32.2. The first-order valence-corrected chi connectivity index (χ1v) is 9.78. The lowest BCUT2D eigenvalue weighted by Gasteiger charge is -2.13. The van der Waals surface area contributed by atoms with Crippen LogP contribution in [0.15, 0.2) is 60.0 Å². The Hall–Kier alpha value is -2.86. The molecule has 0 atom stereocenters. The van der Waals surface area contributed by atoms with Crippen LogP contribution in [0.2, 0.25) is 0 Å². The molecule has 6 heteroatoms. The quantitative estimate of drug-likeness (QED) is 0.374. The van der Waals surface area contributed by atoms with Crippen molar-refractivity contribution in [2.45, 2.75) is 24.8 Å². The number of benzene rings is 1. The molecule has 0 aliphatic heterocycles. The molecule has 0 radical (unpaired) electrons. The number of pyridine rings is 2. The van der Waals surface area contributed by atoms with Gasteiger partial charge in [-0.15, -0.1) is 0 Å². The van der Waals surface area contributed by atoms with Crippen molar-refractivity contribution in [3.05, 3.63) is 71.7 Å². The number of ether oxygens (including phenoxy) is 1. The molecule has 0 aliphatic rings. The molecule has 0 fully saturated rings. The van der Waals surface area contributed by atoms with Gasteiger partial charge in [-0.2, -0.15) is 0 Å². The predicted octanol–water partition coefficient (Wildman–Crippen LogP) is 4.66. The molecule has 0 saturated heterocycles. The molecular formula is C21H19N3O2S. The van der Waals surface area contributed by atoms with Gasteiger partial charge in [0.2, 0.25) is 0 Å². The SMILES string of the molecule is CCOC(=O)c1c(CSc2ncc3ccccn23)nc2ccccc2c1C. The number of esters is 1. The first-order valence-electron chi connectivity index (χ1n) is 8.79. The van der Waals surface area contributed by atoms with Crippen molar-refractivity contribution >= 4 is 34.2 Å². The van der Waals surface area contributed by atoms with E-state index in [1.165, 1.54) is 0 Å². The number of carbonyl (C=O) groups excluding carboxylic acids is 1. The molecule has 3 heterocycles. The number of carbonyl (C=O) groups is 1. The molecule has 3 aromatic heterocycles. The van der Waals surface area contributed by atoms with Crippen molar-refractivity contribution in [3.8, 4) is 0 Å². The van der Waals surface area contributed by atoms with E-state index in [0.717, 1.165) is 32.8 Å². The fourth-order valence-electron chi connectivity index (χ4n) is 3.18. The standard InChI is InChI=1S/C21H19N3O2S/c1-3-26-20(25)19-14(2)16-9-4-5-10-17(16)23-18(19)13-27-21-22-12-15-8-6-7-11-24(15)21/h4-12H,3,13H2,1-2H3. The molecule has 0 unspecified atom stereocenters. The van der Waals surface area contributed by atoms with Crippen LogP contribution in [0.3, 0.4) is 0 Å². The molecule has 27 heavy (non-hydrogen) atoms. The zero-order valence-corrected chi connectivity index (χ0v) is 16.0. The van der Waals surface area contributed by atoms with Crippen molar-refractivity contribution < 1.29 is 9.53 Å². The molecule has 136 valence electrons. The molecule has 0 amide bonds. The Bertz CT molecular complexity index is 1140. The molecule has 4 rings (SSSR count). The van der Waals surface area contributed by atoms with E-state index in [0.29, 0.717) is 17.9 Å². The number of hydrogen-bond acceptors (Lipinski definition) is 5. The lowest BCUT2D eigenvalue weighted by atomic mass is 10.0. The van der Waals surface area contributed by atoms with Crippen LogP contribution in [-0.2, 0) is 10.5 Å². The van der Waals surface area contributed by atoms with Crippen LogP contribution in [0.5, 0.6) is 0 Å². The molecule has 0 bridgehead atoms. The summed E-state index contributed by atoms with van der Waals surface area (Å²) >= 11 is 1.56. The maximum absolute atomic E-state index is 12.6. The molecular weight excluding hydrogens is 358 g/mol. The summed E-state index contributed by atoms with van der Waals surface area (Å²) in [6.07, 6.45) is 3.82. The summed E-state index contributed by atoms with van der Waals surface area (Å²) in [7, 11) is 0. The Balaban J connectivity index is 1.75. The van der Waals surface area contributed by atoms with Gasteiger partial charge in [0.15, 0.2) is 5.16 Å². The Kier molecular flexibility index (Phi) is 4.81. The van der Waals surface area contributed by atoms with Gasteiger partial charge in [0.05, 0.1) is 35.1 Å². The minimum atomic E-state index is -0.322. The molecule has 4 aromatic rings.